The molecule has 0 saturated heterocycles. The van der Waals surface area contributed by atoms with Crippen LogP contribution in [0.15, 0.2) is 88.0 Å². The molecule has 0 saturated carbocycles. The highest BCUT2D eigenvalue weighted by molar-refractivity contribution is 14.1. The summed E-state index contributed by atoms with van der Waals surface area (Å²) in [4.78, 5) is 26.7. The van der Waals surface area contributed by atoms with Crippen LogP contribution >= 0.6 is 38.5 Å². The fraction of sp³-hybridized carbons (Fsp3) is 0.143. The van der Waals surface area contributed by atoms with Gasteiger partial charge in [0, 0.05) is 36.0 Å². The Kier molecular flexibility index (Phi) is 6.55. The number of fused-ring (bicyclic) bond motifs is 2. The van der Waals surface area contributed by atoms with E-state index < -0.39 is 11.9 Å². The Hall–Kier alpha value is -2.91. The number of carbonyl (C=O) groups is 2. The Morgan fingerprint density at radius 2 is 1.77 bits per heavy atom. The number of dihydropyridines is 1. The van der Waals surface area contributed by atoms with E-state index in [0.29, 0.717) is 34.8 Å². The van der Waals surface area contributed by atoms with Crippen molar-refractivity contribution in [3.05, 3.63) is 114 Å². The van der Waals surface area contributed by atoms with Crippen LogP contribution in [0.25, 0.3) is 5.70 Å². The normalized spacial score (nSPS) is 16.6. The summed E-state index contributed by atoms with van der Waals surface area (Å²) in [5.41, 5.74) is 5.48. The highest BCUT2D eigenvalue weighted by atomic mass is 127. The standard InChI is InChI=1S/C28H21BrINO4/c1-15-23(28(33)34-2)24(25-26(31-15)19-5-3-4-6-20(19)27(25)32)21-13-17(29)9-12-22(21)35-14-16-7-10-18(30)11-8-16/h3-13,24,31H,14H2,1-2H3/t24-/m1/s1. The minimum absolute atomic E-state index is 0.106. The van der Waals surface area contributed by atoms with Gasteiger partial charge in [-0.2, -0.15) is 0 Å². The Balaban J connectivity index is 1.64. The van der Waals surface area contributed by atoms with Crippen molar-refractivity contribution in [3.63, 3.8) is 0 Å². The molecule has 5 nitrogen and oxygen atoms in total. The second-order valence-electron chi connectivity index (χ2n) is 8.35. The topological polar surface area (TPSA) is 64.6 Å². The van der Waals surface area contributed by atoms with Gasteiger partial charge in [-0.15, -0.1) is 0 Å². The second-order valence-corrected chi connectivity index (χ2v) is 10.5. The lowest BCUT2D eigenvalue weighted by Gasteiger charge is -2.30. The van der Waals surface area contributed by atoms with Crippen molar-refractivity contribution in [1.82, 2.24) is 5.32 Å². The fourth-order valence-electron chi connectivity index (χ4n) is 4.64. The number of hydrogen-bond donors (Lipinski definition) is 1. The average molecular weight is 642 g/mol. The highest BCUT2D eigenvalue weighted by Gasteiger charge is 2.43. The van der Waals surface area contributed by atoms with E-state index in [1.807, 2.05) is 73.7 Å². The van der Waals surface area contributed by atoms with Crippen LogP contribution in [0.4, 0.5) is 0 Å². The molecule has 0 radical (unpaired) electrons. The minimum Gasteiger partial charge on any atom is -0.489 e. The summed E-state index contributed by atoms with van der Waals surface area (Å²) >= 11 is 5.83. The highest BCUT2D eigenvalue weighted by Crippen LogP contribution is 2.49. The van der Waals surface area contributed by atoms with Crippen molar-refractivity contribution >= 4 is 56.0 Å². The van der Waals surface area contributed by atoms with Gasteiger partial charge in [0.25, 0.3) is 0 Å². The summed E-state index contributed by atoms with van der Waals surface area (Å²) in [5.74, 6) is -0.643. The predicted octanol–water partition coefficient (Wildman–Crippen LogP) is 6.37. The van der Waals surface area contributed by atoms with Crippen LogP contribution in [-0.2, 0) is 16.1 Å². The molecule has 1 heterocycles. The van der Waals surface area contributed by atoms with Crippen molar-refractivity contribution in [2.24, 2.45) is 0 Å². The molecule has 0 amide bonds. The molecular formula is C28H21BrINO4. The number of hydrogen-bond acceptors (Lipinski definition) is 5. The van der Waals surface area contributed by atoms with E-state index in [0.717, 1.165) is 30.4 Å². The summed E-state index contributed by atoms with van der Waals surface area (Å²) in [5, 5.41) is 3.31. The number of ether oxygens (including phenoxy) is 2. The first-order valence-electron chi connectivity index (χ1n) is 11.0. The monoisotopic (exact) mass is 641 g/mol. The molecule has 5 rings (SSSR count). The summed E-state index contributed by atoms with van der Waals surface area (Å²) < 4.78 is 13.4. The van der Waals surface area contributed by atoms with Crippen LogP contribution in [0.3, 0.4) is 0 Å². The van der Waals surface area contributed by atoms with E-state index in [1.165, 1.54) is 7.11 Å². The number of ketones is 1. The van der Waals surface area contributed by atoms with E-state index in [2.05, 4.69) is 43.8 Å². The van der Waals surface area contributed by atoms with Crippen LogP contribution in [0.5, 0.6) is 5.75 Å². The summed E-state index contributed by atoms with van der Waals surface area (Å²) in [7, 11) is 1.35. The van der Waals surface area contributed by atoms with E-state index in [9.17, 15) is 9.59 Å². The lowest BCUT2D eigenvalue weighted by atomic mass is 9.79. The third-order valence-electron chi connectivity index (χ3n) is 6.24. The number of allylic oxidation sites excluding steroid dienone is 2. The van der Waals surface area contributed by atoms with Gasteiger partial charge in [0.1, 0.15) is 12.4 Å². The molecule has 176 valence electrons. The smallest absolute Gasteiger partial charge is 0.336 e. The first-order chi connectivity index (χ1) is 16.9. The number of benzene rings is 3. The molecule has 0 fully saturated rings. The molecule has 3 aromatic rings. The van der Waals surface area contributed by atoms with Gasteiger partial charge in [-0.1, -0.05) is 52.3 Å². The number of nitrogens with one attached hydrogen (secondary N) is 1. The zero-order valence-electron chi connectivity index (χ0n) is 19.0. The molecule has 0 bridgehead atoms. The summed E-state index contributed by atoms with van der Waals surface area (Å²) in [6.07, 6.45) is 0. The molecular weight excluding hydrogens is 621 g/mol. The van der Waals surface area contributed by atoms with Gasteiger partial charge in [-0.3, -0.25) is 4.79 Å². The van der Waals surface area contributed by atoms with Gasteiger partial charge < -0.3 is 14.8 Å². The molecule has 1 aliphatic heterocycles. The van der Waals surface area contributed by atoms with E-state index in [-0.39, 0.29) is 5.78 Å². The predicted molar refractivity (Wildman–Crippen MR) is 146 cm³/mol. The Morgan fingerprint density at radius 1 is 1.06 bits per heavy atom. The lowest BCUT2D eigenvalue weighted by molar-refractivity contribution is -0.136. The number of esters is 1. The third kappa shape index (κ3) is 4.31. The van der Waals surface area contributed by atoms with Crippen LogP contribution in [-0.4, -0.2) is 18.9 Å². The SMILES string of the molecule is COC(=O)C1=C(C)NC2=C(C(=O)c3ccccc32)[C@@H]1c1cc(Br)ccc1OCc1ccc(I)cc1. The molecule has 3 aromatic carbocycles. The van der Waals surface area contributed by atoms with Crippen LogP contribution in [0.1, 0.15) is 39.9 Å². The maximum atomic E-state index is 13.7. The minimum atomic E-state index is -0.650. The van der Waals surface area contributed by atoms with Gasteiger partial charge >= 0.3 is 5.97 Å². The first-order valence-corrected chi connectivity index (χ1v) is 12.9. The average Bonchev–Trinajstić information content (AvgIpc) is 3.14. The van der Waals surface area contributed by atoms with Gasteiger partial charge in [0.15, 0.2) is 5.78 Å². The number of Topliss-reactive ketones (excluding diaryl/α,β-unsaturated/α-hetero) is 1. The van der Waals surface area contributed by atoms with Crippen molar-refractivity contribution in [2.45, 2.75) is 19.4 Å². The maximum Gasteiger partial charge on any atom is 0.336 e. The Labute approximate surface area is 225 Å². The molecule has 1 atom stereocenters. The zero-order chi connectivity index (χ0) is 24.7. The first kappa shape index (κ1) is 23.8. The molecule has 7 heteroatoms. The van der Waals surface area contributed by atoms with E-state index in [1.54, 1.807) is 0 Å². The molecule has 0 spiro atoms. The van der Waals surface area contributed by atoms with Crippen molar-refractivity contribution in [3.8, 4) is 5.75 Å². The molecule has 2 aliphatic rings. The number of methoxy groups -OCH3 is 1. The van der Waals surface area contributed by atoms with E-state index >= 15 is 0 Å². The maximum absolute atomic E-state index is 13.7. The molecule has 35 heavy (non-hydrogen) atoms. The third-order valence-corrected chi connectivity index (χ3v) is 7.46. The Bertz CT molecular complexity index is 1430. The summed E-state index contributed by atoms with van der Waals surface area (Å²) in [6.45, 7) is 2.19. The van der Waals surface area contributed by atoms with Gasteiger partial charge in [0.05, 0.1) is 24.3 Å². The largest absolute Gasteiger partial charge is 0.489 e. The molecule has 0 unspecified atom stereocenters. The van der Waals surface area contributed by atoms with Crippen LogP contribution < -0.4 is 10.1 Å². The molecule has 1 aliphatic carbocycles. The quantitative estimate of drug-likeness (QED) is 0.259. The zero-order valence-corrected chi connectivity index (χ0v) is 22.8. The fourth-order valence-corrected chi connectivity index (χ4v) is 5.38. The van der Waals surface area contributed by atoms with Crippen molar-refractivity contribution < 1.29 is 19.1 Å². The van der Waals surface area contributed by atoms with Gasteiger partial charge in [0.2, 0.25) is 0 Å². The number of halogens is 2. The van der Waals surface area contributed by atoms with Crippen molar-refractivity contribution in [1.29, 1.82) is 0 Å². The van der Waals surface area contributed by atoms with Crippen molar-refractivity contribution in [2.75, 3.05) is 7.11 Å². The van der Waals surface area contributed by atoms with Crippen LogP contribution in [0.2, 0.25) is 0 Å². The van der Waals surface area contributed by atoms with Gasteiger partial charge in [-0.05, 0) is 65.4 Å². The summed E-state index contributed by atoms with van der Waals surface area (Å²) in [6, 6.07) is 21.3. The Morgan fingerprint density at radius 3 is 2.49 bits per heavy atom. The molecule has 1 N–H and O–H groups in total. The number of carbonyl (C=O) groups excluding carboxylic acids is 2. The van der Waals surface area contributed by atoms with Gasteiger partial charge in [-0.25, -0.2) is 4.79 Å². The van der Waals surface area contributed by atoms with Crippen LogP contribution in [0, 0.1) is 3.57 Å². The lowest BCUT2D eigenvalue weighted by Crippen LogP contribution is -2.29. The number of rotatable bonds is 5. The second kappa shape index (κ2) is 9.62. The molecule has 0 aromatic heterocycles. The van der Waals surface area contributed by atoms with E-state index in [4.69, 9.17) is 9.47 Å².